The third-order valence-corrected chi connectivity index (χ3v) is 7.62. The molecule has 3 aliphatic rings. The van der Waals surface area contributed by atoms with Crippen molar-refractivity contribution >= 4 is 21.6 Å². The molecule has 27 heavy (non-hydrogen) atoms. The molecular formula is C16H19ClF3N3O3S. The van der Waals surface area contributed by atoms with E-state index in [9.17, 15) is 21.6 Å². The minimum atomic E-state index is -4.76. The number of aromatic nitrogens is 1. The lowest BCUT2D eigenvalue weighted by atomic mass is 9.73. The molecule has 3 aliphatic heterocycles. The van der Waals surface area contributed by atoms with Gasteiger partial charge in [-0.25, -0.2) is 13.4 Å². The minimum absolute atomic E-state index is 0.0852. The number of hydrogen-bond donors (Lipinski definition) is 0. The van der Waals surface area contributed by atoms with Crippen LogP contribution >= 0.6 is 11.6 Å². The average molecular weight is 426 g/mol. The number of halogens is 4. The molecule has 0 unspecified atom stereocenters. The summed E-state index contributed by atoms with van der Waals surface area (Å²) in [5.41, 5.74) is -1.33. The molecule has 0 aliphatic carbocycles. The molecule has 6 nitrogen and oxygen atoms in total. The fraction of sp³-hybridized carbons (Fsp3) is 0.688. The van der Waals surface area contributed by atoms with Crippen LogP contribution in [0.15, 0.2) is 17.2 Å². The third kappa shape index (κ3) is 3.46. The molecule has 0 amide bonds. The zero-order chi connectivity index (χ0) is 19.4. The van der Waals surface area contributed by atoms with Crippen molar-refractivity contribution < 1.29 is 26.3 Å². The summed E-state index contributed by atoms with van der Waals surface area (Å²) >= 11 is 5.47. The van der Waals surface area contributed by atoms with Crippen LogP contribution in [0.2, 0.25) is 5.15 Å². The summed E-state index contributed by atoms with van der Waals surface area (Å²) in [4.78, 5) is 5.28. The van der Waals surface area contributed by atoms with E-state index in [1.165, 1.54) is 4.31 Å². The number of sulfonamides is 1. The number of alkyl halides is 3. The van der Waals surface area contributed by atoms with Crippen molar-refractivity contribution in [2.24, 2.45) is 5.41 Å². The van der Waals surface area contributed by atoms with Crippen molar-refractivity contribution in [3.8, 4) is 0 Å². The Balaban J connectivity index is 1.42. The summed E-state index contributed by atoms with van der Waals surface area (Å²) in [6.07, 6.45) is -1.92. The highest BCUT2D eigenvalue weighted by Crippen LogP contribution is 2.44. The van der Waals surface area contributed by atoms with Crippen molar-refractivity contribution in [3.63, 3.8) is 0 Å². The van der Waals surface area contributed by atoms with Crippen LogP contribution in [0.25, 0.3) is 0 Å². The molecule has 4 heterocycles. The number of pyridine rings is 1. The minimum Gasteiger partial charge on any atom is -0.381 e. The highest BCUT2D eigenvalue weighted by Gasteiger charge is 2.56. The van der Waals surface area contributed by atoms with Crippen molar-refractivity contribution in [1.82, 2.24) is 14.2 Å². The first-order valence-corrected chi connectivity index (χ1v) is 10.5. The van der Waals surface area contributed by atoms with Crippen LogP contribution in [0.3, 0.4) is 0 Å². The van der Waals surface area contributed by atoms with Crippen LogP contribution in [0.5, 0.6) is 0 Å². The first-order valence-electron chi connectivity index (χ1n) is 8.65. The van der Waals surface area contributed by atoms with E-state index in [4.69, 9.17) is 16.3 Å². The Morgan fingerprint density at radius 1 is 1.19 bits per heavy atom. The maximum absolute atomic E-state index is 13.0. The Kier molecular flexibility index (Phi) is 4.70. The Hall–Kier alpha value is -0.940. The predicted molar refractivity (Wildman–Crippen MR) is 90.9 cm³/mol. The van der Waals surface area contributed by atoms with Gasteiger partial charge in [-0.15, -0.1) is 0 Å². The van der Waals surface area contributed by atoms with Crippen LogP contribution in [-0.2, 0) is 20.9 Å². The molecule has 1 spiro atoms. The summed E-state index contributed by atoms with van der Waals surface area (Å²) < 4.78 is 70.8. The monoisotopic (exact) mass is 425 g/mol. The van der Waals surface area contributed by atoms with Gasteiger partial charge in [0.05, 0.1) is 5.56 Å². The van der Waals surface area contributed by atoms with Crippen molar-refractivity contribution in [2.45, 2.75) is 30.0 Å². The first kappa shape index (κ1) is 19.4. The molecule has 0 saturated carbocycles. The Morgan fingerprint density at radius 3 is 2.41 bits per heavy atom. The van der Waals surface area contributed by atoms with E-state index in [1.807, 2.05) is 0 Å². The number of rotatable bonds is 3. The second-order valence-corrected chi connectivity index (χ2v) is 9.82. The van der Waals surface area contributed by atoms with Crippen molar-refractivity contribution in [2.75, 3.05) is 39.4 Å². The van der Waals surface area contributed by atoms with Crippen LogP contribution < -0.4 is 0 Å². The molecular weight excluding hydrogens is 407 g/mol. The van der Waals surface area contributed by atoms with E-state index >= 15 is 0 Å². The maximum atomic E-state index is 13.0. The van der Waals surface area contributed by atoms with E-state index in [0.717, 1.165) is 45.3 Å². The van der Waals surface area contributed by atoms with E-state index in [-0.39, 0.29) is 5.41 Å². The molecule has 3 fully saturated rings. The summed E-state index contributed by atoms with van der Waals surface area (Å²) in [7, 11) is -4.02. The number of nitrogens with zero attached hydrogens (tertiary/aromatic N) is 3. The largest absolute Gasteiger partial charge is 0.419 e. The standard InChI is InChI=1S/C16H19ClF3N3O3S/c17-14-13(16(18,19)20)5-12(6-21-14)27(24,25)23-9-15(10-23)7-22(8-15)11-1-3-26-4-2-11/h5-6,11H,1-4,7-10H2. The summed E-state index contributed by atoms with van der Waals surface area (Å²) in [5.74, 6) is 0. The van der Waals surface area contributed by atoms with Crippen LogP contribution in [0.1, 0.15) is 18.4 Å². The lowest BCUT2D eigenvalue weighted by Gasteiger charge is -2.61. The number of ether oxygens (including phenoxy) is 1. The molecule has 150 valence electrons. The molecule has 0 aromatic carbocycles. The zero-order valence-electron chi connectivity index (χ0n) is 14.4. The highest BCUT2D eigenvalue weighted by molar-refractivity contribution is 7.89. The molecule has 0 radical (unpaired) electrons. The summed E-state index contributed by atoms with van der Waals surface area (Å²) in [5, 5.41) is -0.757. The number of likely N-dealkylation sites (tertiary alicyclic amines) is 1. The molecule has 0 atom stereocenters. The summed E-state index contributed by atoms with van der Waals surface area (Å²) in [6.45, 7) is 3.77. The summed E-state index contributed by atoms with van der Waals surface area (Å²) in [6, 6.07) is 1.04. The smallest absolute Gasteiger partial charge is 0.381 e. The second kappa shape index (κ2) is 6.55. The van der Waals surface area contributed by atoms with Gasteiger partial charge in [-0.2, -0.15) is 17.5 Å². The van der Waals surface area contributed by atoms with Crippen molar-refractivity contribution in [3.05, 3.63) is 23.0 Å². The van der Waals surface area contributed by atoms with Gasteiger partial charge >= 0.3 is 6.18 Å². The molecule has 1 aromatic rings. The maximum Gasteiger partial charge on any atom is 0.419 e. The van der Waals surface area contributed by atoms with Gasteiger partial charge in [-0.3, -0.25) is 4.90 Å². The van der Waals surface area contributed by atoms with Gasteiger partial charge in [0, 0.05) is 57.0 Å². The Bertz CT molecular complexity index is 829. The van der Waals surface area contributed by atoms with E-state index in [2.05, 4.69) is 9.88 Å². The van der Waals surface area contributed by atoms with Crippen LogP contribution in [-0.4, -0.2) is 68.0 Å². The molecule has 11 heteroatoms. The molecule has 0 bridgehead atoms. The Labute approximate surface area is 160 Å². The Morgan fingerprint density at radius 2 is 1.81 bits per heavy atom. The second-order valence-electron chi connectivity index (χ2n) is 7.53. The van der Waals surface area contributed by atoms with Gasteiger partial charge in [0.1, 0.15) is 10.0 Å². The molecule has 4 rings (SSSR count). The SMILES string of the molecule is O=S(=O)(c1cnc(Cl)c(C(F)(F)F)c1)N1CC2(CN(C3CCOCC3)C2)C1. The van der Waals surface area contributed by atoms with Gasteiger partial charge in [0.15, 0.2) is 0 Å². The molecule has 3 saturated heterocycles. The number of hydrogen-bond acceptors (Lipinski definition) is 5. The fourth-order valence-corrected chi connectivity index (χ4v) is 5.96. The van der Waals surface area contributed by atoms with Gasteiger partial charge in [0.25, 0.3) is 0 Å². The zero-order valence-corrected chi connectivity index (χ0v) is 15.9. The van der Waals surface area contributed by atoms with Crippen LogP contribution in [0, 0.1) is 5.41 Å². The third-order valence-electron chi connectivity index (χ3n) is 5.56. The normalized spacial score (nSPS) is 24.6. The van der Waals surface area contributed by atoms with Gasteiger partial charge in [-0.05, 0) is 18.9 Å². The fourth-order valence-electron chi connectivity index (χ4n) is 4.11. The predicted octanol–water partition coefficient (Wildman–Crippen LogP) is 2.24. The van der Waals surface area contributed by atoms with E-state index < -0.39 is 31.8 Å². The van der Waals surface area contributed by atoms with Crippen LogP contribution in [0.4, 0.5) is 13.2 Å². The topological polar surface area (TPSA) is 62.7 Å². The molecule has 0 N–H and O–H groups in total. The van der Waals surface area contributed by atoms with E-state index in [1.54, 1.807) is 0 Å². The average Bonchev–Trinajstić information content (AvgIpc) is 2.52. The quantitative estimate of drug-likeness (QED) is 0.695. The first-order chi connectivity index (χ1) is 12.6. The highest BCUT2D eigenvalue weighted by atomic mass is 35.5. The molecule has 1 aromatic heterocycles. The lowest BCUT2D eigenvalue weighted by molar-refractivity contribution is -0.137. The van der Waals surface area contributed by atoms with Gasteiger partial charge in [-0.1, -0.05) is 11.6 Å². The lowest BCUT2D eigenvalue weighted by Crippen LogP contribution is -2.74. The van der Waals surface area contributed by atoms with E-state index in [0.29, 0.717) is 25.2 Å². The van der Waals surface area contributed by atoms with Crippen molar-refractivity contribution in [1.29, 1.82) is 0 Å². The van der Waals surface area contributed by atoms with Gasteiger partial charge in [0.2, 0.25) is 10.0 Å². The van der Waals surface area contributed by atoms with Gasteiger partial charge < -0.3 is 4.74 Å².